The van der Waals surface area contributed by atoms with Gasteiger partial charge in [0.15, 0.2) is 0 Å². The zero-order valence-corrected chi connectivity index (χ0v) is 10.5. The van der Waals surface area contributed by atoms with Gasteiger partial charge in [-0.1, -0.05) is 0 Å². The molecule has 0 saturated carbocycles. The molecule has 2 N–H and O–H groups in total. The first kappa shape index (κ1) is 14.1. The van der Waals surface area contributed by atoms with Gasteiger partial charge in [0.2, 0.25) is 0 Å². The molecule has 0 heterocycles. The summed E-state index contributed by atoms with van der Waals surface area (Å²) in [6.45, 7) is 6.58. The minimum absolute atomic E-state index is 0.199. The quantitative estimate of drug-likeness (QED) is 0.445. The van der Waals surface area contributed by atoms with Crippen LogP contribution in [-0.2, 0) is 8.85 Å². The van der Waals surface area contributed by atoms with Gasteiger partial charge in [-0.3, -0.25) is 0 Å². The highest BCUT2D eigenvalue weighted by Gasteiger charge is 2.28. The fraction of sp³-hybridized carbons (Fsp3) is 1.00. The van der Waals surface area contributed by atoms with E-state index in [0.29, 0.717) is 6.54 Å². The van der Waals surface area contributed by atoms with E-state index in [1.54, 1.807) is 7.11 Å². The average molecular weight is 221 g/mol. The lowest BCUT2D eigenvalue weighted by molar-refractivity contribution is 0.214. The lowest BCUT2D eigenvalue weighted by Gasteiger charge is -2.24. The van der Waals surface area contributed by atoms with Crippen molar-refractivity contribution in [1.29, 1.82) is 0 Å². The summed E-state index contributed by atoms with van der Waals surface area (Å²) in [5, 5.41) is 11.7. The van der Waals surface area contributed by atoms with Gasteiger partial charge in [0.05, 0.1) is 6.61 Å². The average Bonchev–Trinajstić information content (AvgIpc) is 2.18. The molecule has 0 fully saturated rings. The number of nitrogens with one attached hydrogen (secondary N) is 1. The molecule has 0 saturated heterocycles. The van der Waals surface area contributed by atoms with Gasteiger partial charge in [0.1, 0.15) is 0 Å². The van der Waals surface area contributed by atoms with Crippen molar-refractivity contribution < 1.29 is 14.0 Å². The van der Waals surface area contributed by atoms with E-state index in [-0.39, 0.29) is 6.61 Å². The van der Waals surface area contributed by atoms with Crippen LogP contribution in [-0.4, -0.2) is 47.1 Å². The van der Waals surface area contributed by atoms with Crippen LogP contribution in [0, 0.1) is 0 Å². The summed E-state index contributed by atoms with van der Waals surface area (Å²) in [6, 6.07) is 0.996. The summed E-state index contributed by atoms with van der Waals surface area (Å²) in [5.74, 6) is 0. The molecule has 1 unspecified atom stereocenters. The summed E-state index contributed by atoms with van der Waals surface area (Å²) in [6.07, 6.45) is 1.04. The van der Waals surface area contributed by atoms with Crippen LogP contribution in [0.1, 0.15) is 13.3 Å². The topological polar surface area (TPSA) is 50.7 Å². The van der Waals surface area contributed by atoms with Crippen molar-refractivity contribution >= 4 is 8.56 Å². The second-order valence-electron chi connectivity index (χ2n) is 3.35. The number of hydrogen-bond donors (Lipinski definition) is 2. The Labute approximate surface area is 87.9 Å². The van der Waals surface area contributed by atoms with Crippen LogP contribution in [0.2, 0.25) is 12.6 Å². The molecule has 0 amide bonds. The van der Waals surface area contributed by atoms with E-state index in [1.165, 1.54) is 0 Å². The monoisotopic (exact) mass is 221 g/mol. The van der Waals surface area contributed by atoms with Crippen molar-refractivity contribution in [3.05, 3.63) is 0 Å². The fourth-order valence-corrected chi connectivity index (χ4v) is 3.17. The highest BCUT2D eigenvalue weighted by molar-refractivity contribution is 6.65. The van der Waals surface area contributed by atoms with Crippen molar-refractivity contribution in [3.8, 4) is 0 Å². The van der Waals surface area contributed by atoms with Crippen LogP contribution < -0.4 is 5.32 Å². The summed E-state index contributed by atoms with van der Waals surface area (Å²) >= 11 is 0. The van der Waals surface area contributed by atoms with Gasteiger partial charge >= 0.3 is 8.56 Å². The Morgan fingerprint density at radius 1 is 1.36 bits per heavy atom. The first-order valence-corrected chi connectivity index (χ1v) is 7.71. The van der Waals surface area contributed by atoms with Crippen molar-refractivity contribution in [2.24, 2.45) is 0 Å². The number of hydrogen-bond acceptors (Lipinski definition) is 4. The van der Waals surface area contributed by atoms with E-state index in [4.69, 9.17) is 14.0 Å². The molecule has 0 aliphatic carbocycles. The molecule has 0 aromatic heterocycles. The molecule has 0 bridgehead atoms. The lowest BCUT2D eigenvalue weighted by Crippen LogP contribution is -2.38. The third-order valence-corrected chi connectivity index (χ3v) is 5.18. The molecule has 4 nitrogen and oxygen atoms in total. The van der Waals surface area contributed by atoms with Gasteiger partial charge in [0.25, 0.3) is 0 Å². The molecular formula is C9H23NO3Si. The molecule has 86 valence electrons. The van der Waals surface area contributed by atoms with E-state index < -0.39 is 8.56 Å². The first-order valence-electron chi connectivity index (χ1n) is 5.19. The highest BCUT2D eigenvalue weighted by atomic mass is 28.4. The molecule has 14 heavy (non-hydrogen) atoms. The summed E-state index contributed by atoms with van der Waals surface area (Å²) < 4.78 is 11.0. The Balaban J connectivity index is 3.51. The molecule has 0 radical (unpaired) electrons. The van der Waals surface area contributed by atoms with Gasteiger partial charge in [-0.2, -0.15) is 0 Å². The van der Waals surface area contributed by atoms with E-state index in [1.807, 2.05) is 6.92 Å². The highest BCUT2D eigenvalue weighted by Crippen LogP contribution is 2.13. The first-order chi connectivity index (χ1) is 6.68. The standard InChI is InChI=1S/C9H23NO3Si/c1-4-13-14(3,12-2)9-5-6-10-7-8-11/h10-11H,4-9H2,1-3H3. The minimum atomic E-state index is -1.89. The summed E-state index contributed by atoms with van der Waals surface area (Å²) in [4.78, 5) is 0. The molecule has 0 aliphatic heterocycles. The van der Waals surface area contributed by atoms with Crippen LogP contribution in [0.4, 0.5) is 0 Å². The van der Waals surface area contributed by atoms with Crippen LogP contribution in [0.25, 0.3) is 0 Å². The van der Waals surface area contributed by atoms with Crippen molar-refractivity contribution in [2.45, 2.75) is 25.9 Å². The SMILES string of the molecule is CCO[Si](C)(CCCNCCO)OC. The van der Waals surface area contributed by atoms with E-state index in [2.05, 4.69) is 11.9 Å². The van der Waals surface area contributed by atoms with Crippen molar-refractivity contribution in [1.82, 2.24) is 5.32 Å². The number of aliphatic hydroxyl groups excluding tert-OH is 1. The number of rotatable bonds is 9. The smallest absolute Gasteiger partial charge is 0.334 e. The van der Waals surface area contributed by atoms with Gasteiger partial charge < -0.3 is 19.3 Å². The molecule has 0 aliphatic rings. The molecule has 1 atom stereocenters. The Bertz CT molecular complexity index is 137. The summed E-state index contributed by atoms with van der Waals surface area (Å²) in [7, 11) is -0.161. The number of aliphatic hydroxyl groups is 1. The Morgan fingerprint density at radius 2 is 2.07 bits per heavy atom. The molecular weight excluding hydrogens is 198 g/mol. The van der Waals surface area contributed by atoms with E-state index in [9.17, 15) is 0 Å². The second kappa shape index (κ2) is 8.37. The maximum absolute atomic E-state index is 8.55. The molecule has 0 rings (SSSR count). The van der Waals surface area contributed by atoms with Crippen molar-refractivity contribution in [3.63, 3.8) is 0 Å². The van der Waals surface area contributed by atoms with Gasteiger partial charge in [-0.05, 0) is 32.5 Å². The third kappa shape index (κ3) is 6.50. The second-order valence-corrected chi connectivity index (χ2v) is 6.81. The third-order valence-electron chi connectivity index (χ3n) is 2.15. The largest absolute Gasteiger partial charge is 0.398 e. The van der Waals surface area contributed by atoms with E-state index in [0.717, 1.165) is 25.6 Å². The van der Waals surface area contributed by atoms with Gasteiger partial charge in [-0.25, -0.2) is 0 Å². The Morgan fingerprint density at radius 3 is 2.57 bits per heavy atom. The van der Waals surface area contributed by atoms with Gasteiger partial charge in [0, 0.05) is 20.3 Å². The van der Waals surface area contributed by atoms with Crippen LogP contribution >= 0.6 is 0 Å². The molecule has 5 heteroatoms. The Kier molecular flexibility index (Phi) is 8.41. The van der Waals surface area contributed by atoms with Crippen LogP contribution in [0.15, 0.2) is 0 Å². The molecule has 0 spiro atoms. The normalized spacial score (nSPS) is 15.4. The Hall–Kier alpha value is 0.0569. The minimum Gasteiger partial charge on any atom is -0.398 e. The molecule has 0 aromatic rings. The van der Waals surface area contributed by atoms with E-state index >= 15 is 0 Å². The maximum atomic E-state index is 8.55. The zero-order valence-electron chi connectivity index (χ0n) is 9.51. The predicted molar refractivity (Wildman–Crippen MR) is 59.6 cm³/mol. The van der Waals surface area contributed by atoms with Crippen LogP contribution in [0.5, 0.6) is 0 Å². The predicted octanol–water partition coefficient (Wildman–Crippen LogP) is 0.713. The fourth-order valence-electron chi connectivity index (χ4n) is 1.28. The maximum Gasteiger partial charge on any atom is 0.334 e. The lowest BCUT2D eigenvalue weighted by atomic mass is 10.5. The zero-order chi connectivity index (χ0) is 10.9. The van der Waals surface area contributed by atoms with Crippen molar-refractivity contribution in [2.75, 3.05) is 33.4 Å². The van der Waals surface area contributed by atoms with Crippen LogP contribution in [0.3, 0.4) is 0 Å². The summed E-state index contributed by atoms with van der Waals surface area (Å²) in [5.41, 5.74) is 0. The van der Waals surface area contributed by atoms with Gasteiger partial charge in [-0.15, -0.1) is 0 Å². The molecule has 0 aromatic carbocycles.